The average molecular weight is 1020 g/mol. The summed E-state index contributed by atoms with van der Waals surface area (Å²) in [5.74, 6) is -14.3. The minimum absolute atomic E-state index is 0.0101. The lowest BCUT2D eigenvalue weighted by Crippen LogP contribution is -2.63. The highest BCUT2D eigenvalue weighted by Crippen LogP contribution is 2.14. The second kappa shape index (κ2) is 29.7. The van der Waals surface area contributed by atoms with Crippen LogP contribution in [0.5, 0.6) is 5.75 Å². The molecule has 0 aliphatic heterocycles. The standard InChI is InChI=1S/C46H72N10O16/c1-11-22(6)36(44(69)52-30(18-33(47)60)41(66)51-31(19-34(61)62)42(67)53-32(46(71)72)16-20(2)3)55-43(68)35(21(4)5)54-45(70)37(25(9)57)56-39(64)24(8)48-38(63)23(7)49-40(65)29(50-26(10)58)17-27-12-14-28(59)15-13-27/h12-15,20-25,29-32,35-37,57,59H,11,16-19H2,1-10H3,(H2,47,60)(H,48,63)(H,49,65)(H,50,58)(H,51,66)(H,52,69)(H,53,67)(H,54,70)(H,55,68)(H,56,64)(H,61,62)(H,71,72). The average Bonchev–Trinajstić information content (AvgIpc) is 3.27. The minimum Gasteiger partial charge on any atom is -0.508 e. The Balaban J connectivity index is 3.20. The van der Waals surface area contributed by atoms with E-state index >= 15 is 0 Å². The Kier molecular flexibility index (Phi) is 25.9. The highest BCUT2D eigenvalue weighted by atomic mass is 16.4. The molecule has 1 aromatic rings. The maximum Gasteiger partial charge on any atom is 0.326 e. The molecule has 1 aromatic carbocycles. The summed E-state index contributed by atoms with van der Waals surface area (Å²) in [6, 6.07) is -7.67. The van der Waals surface area contributed by atoms with Gasteiger partial charge in [0, 0.05) is 13.3 Å². The van der Waals surface area contributed by atoms with Crippen LogP contribution in [0.3, 0.4) is 0 Å². The second-order valence-corrected chi connectivity index (χ2v) is 18.3. The number of hydrogen-bond acceptors (Lipinski definition) is 14. The Morgan fingerprint density at radius 2 is 0.958 bits per heavy atom. The van der Waals surface area contributed by atoms with Crippen LogP contribution in [0.25, 0.3) is 0 Å². The summed E-state index contributed by atoms with van der Waals surface area (Å²) in [6.45, 7) is 14.6. The number of aliphatic hydroxyl groups is 1. The molecule has 0 saturated carbocycles. The number of amides is 10. The topological polar surface area (TPSA) is 420 Å². The number of phenols is 1. The van der Waals surface area contributed by atoms with Crippen molar-refractivity contribution >= 4 is 71.0 Å². The molecule has 26 heteroatoms. The molecule has 0 aliphatic carbocycles. The van der Waals surface area contributed by atoms with Crippen LogP contribution in [0.4, 0.5) is 0 Å². The summed E-state index contributed by atoms with van der Waals surface area (Å²) in [5.41, 5.74) is 5.95. The quantitative estimate of drug-likeness (QED) is 0.0363. The normalized spacial score (nSPS) is 15.7. The second-order valence-electron chi connectivity index (χ2n) is 18.3. The smallest absolute Gasteiger partial charge is 0.326 e. The number of aliphatic hydroxyl groups excluding tert-OH is 1. The van der Waals surface area contributed by atoms with Gasteiger partial charge in [0.25, 0.3) is 0 Å². The molecule has 15 N–H and O–H groups in total. The van der Waals surface area contributed by atoms with Gasteiger partial charge >= 0.3 is 11.9 Å². The number of rotatable bonds is 30. The van der Waals surface area contributed by atoms with Crippen LogP contribution in [0.2, 0.25) is 0 Å². The summed E-state index contributed by atoms with van der Waals surface area (Å²) in [4.78, 5) is 155. The van der Waals surface area contributed by atoms with E-state index in [1.165, 1.54) is 46.8 Å². The molecule has 402 valence electrons. The third-order valence-electron chi connectivity index (χ3n) is 11.0. The summed E-state index contributed by atoms with van der Waals surface area (Å²) in [6.07, 6.45) is -3.28. The van der Waals surface area contributed by atoms with Gasteiger partial charge in [-0.15, -0.1) is 0 Å². The van der Waals surface area contributed by atoms with Gasteiger partial charge in [-0.05, 0) is 62.6 Å². The lowest BCUT2D eigenvalue weighted by atomic mass is 9.95. The van der Waals surface area contributed by atoms with Crippen molar-refractivity contribution in [3.05, 3.63) is 29.8 Å². The molecule has 72 heavy (non-hydrogen) atoms. The van der Waals surface area contributed by atoms with E-state index in [2.05, 4.69) is 47.9 Å². The summed E-state index contributed by atoms with van der Waals surface area (Å²) < 4.78 is 0. The molecule has 10 amide bonds. The number of carbonyl (C=O) groups is 12. The zero-order valence-corrected chi connectivity index (χ0v) is 42.1. The third kappa shape index (κ3) is 21.7. The summed E-state index contributed by atoms with van der Waals surface area (Å²) >= 11 is 0. The predicted molar refractivity (Wildman–Crippen MR) is 255 cm³/mol. The van der Waals surface area contributed by atoms with E-state index in [4.69, 9.17) is 5.73 Å². The van der Waals surface area contributed by atoms with Crippen LogP contribution in [-0.2, 0) is 64.0 Å². The van der Waals surface area contributed by atoms with Crippen molar-refractivity contribution in [1.29, 1.82) is 0 Å². The van der Waals surface area contributed by atoms with E-state index in [0.29, 0.717) is 5.56 Å². The molecular formula is C46H72N10O16. The maximum absolute atomic E-state index is 13.9. The van der Waals surface area contributed by atoms with Crippen LogP contribution >= 0.6 is 0 Å². The van der Waals surface area contributed by atoms with Gasteiger partial charge in [-0.25, -0.2) is 4.79 Å². The highest BCUT2D eigenvalue weighted by molar-refractivity contribution is 5.99. The molecule has 0 spiro atoms. The van der Waals surface area contributed by atoms with Crippen LogP contribution in [0.1, 0.15) is 100 Å². The number of carbonyl (C=O) groups excluding carboxylic acids is 10. The number of aromatic hydroxyl groups is 1. The maximum atomic E-state index is 13.9. The molecule has 1 rings (SSSR count). The first-order valence-electron chi connectivity index (χ1n) is 23.3. The van der Waals surface area contributed by atoms with Crippen molar-refractivity contribution in [2.45, 2.75) is 162 Å². The molecule has 0 bridgehead atoms. The monoisotopic (exact) mass is 1020 g/mol. The van der Waals surface area contributed by atoms with Crippen molar-refractivity contribution in [2.75, 3.05) is 0 Å². The molecule has 0 fully saturated rings. The lowest BCUT2D eigenvalue weighted by molar-refractivity contribution is -0.144. The Hall–Kier alpha value is -7.38. The molecule has 0 saturated heterocycles. The lowest BCUT2D eigenvalue weighted by Gasteiger charge is -2.31. The van der Waals surface area contributed by atoms with Crippen molar-refractivity contribution in [3.8, 4) is 5.75 Å². The van der Waals surface area contributed by atoms with Gasteiger partial charge in [-0.2, -0.15) is 0 Å². The first-order valence-corrected chi connectivity index (χ1v) is 23.3. The van der Waals surface area contributed by atoms with Crippen molar-refractivity contribution in [3.63, 3.8) is 0 Å². The fourth-order valence-corrected chi connectivity index (χ4v) is 6.81. The number of primary amides is 1. The molecule has 11 atom stereocenters. The summed E-state index contributed by atoms with van der Waals surface area (Å²) in [5, 5.41) is 60.5. The molecule has 0 radical (unpaired) electrons. The largest absolute Gasteiger partial charge is 0.508 e. The zero-order chi connectivity index (χ0) is 55.3. The van der Waals surface area contributed by atoms with Crippen molar-refractivity contribution in [2.24, 2.45) is 23.5 Å². The van der Waals surface area contributed by atoms with Crippen LogP contribution < -0.4 is 53.6 Å². The van der Waals surface area contributed by atoms with Gasteiger partial charge < -0.3 is 74.0 Å². The van der Waals surface area contributed by atoms with Gasteiger partial charge in [0.1, 0.15) is 60.1 Å². The number of phenolic OH excluding ortho intramolecular Hbond substituents is 1. The third-order valence-corrected chi connectivity index (χ3v) is 11.0. The molecule has 11 unspecified atom stereocenters. The van der Waals surface area contributed by atoms with Gasteiger partial charge in [-0.1, -0.05) is 60.1 Å². The molecule has 0 aliphatic rings. The van der Waals surface area contributed by atoms with E-state index in [1.54, 1.807) is 39.8 Å². The van der Waals surface area contributed by atoms with Gasteiger partial charge in [-0.3, -0.25) is 52.7 Å². The van der Waals surface area contributed by atoms with E-state index in [-0.39, 0.29) is 30.9 Å². The summed E-state index contributed by atoms with van der Waals surface area (Å²) in [7, 11) is 0. The van der Waals surface area contributed by atoms with Crippen LogP contribution in [0, 0.1) is 17.8 Å². The highest BCUT2D eigenvalue weighted by Gasteiger charge is 2.38. The van der Waals surface area contributed by atoms with Crippen molar-refractivity contribution in [1.82, 2.24) is 47.9 Å². The van der Waals surface area contributed by atoms with Crippen LogP contribution in [0.15, 0.2) is 24.3 Å². The number of carboxylic acid groups (broad SMARTS) is 2. The number of carboxylic acids is 2. The van der Waals surface area contributed by atoms with Gasteiger partial charge in [0.05, 0.1) is 18.9 Å². The Morgan fingerprint density at radius 1 is 0.528 bits per heavy atom. The van der Waals surface area contributed by atoms with E-state index in [0.717, 1.165) is 6.92 Å². The SMILES string of the molecule is CCC(C)C(NC(=O)C(NC(=O)C(NC(=O)C(C)NC(=O)C(C)NC(=O)C(Cc1ccc(O)cc1)NC(C)=O)C(C)O)C(C)C)C(=O)NC(CC(N)=O)C(=O)NC(CC(=O)O)C(=O)NC(CC(C)C)C(=O)O. The molecule has 0 aromatic heterocycles. The molecular weight excluding hydrogens is 949 g/mol. The molecule has 0 heterocycles. The van der Waals surface area contributed by atoms with Crippen molar-refractivity contribution < 1.29 is 78.0 Å². The van der Waals surface area contributed by atoms with E-state index in [9.17, 15) is 78.0 Å². The number of nitrogens with one attached hydrogen (secondary N) is 9. The van der Waals surface area contributed by atoms with E-state index < -0.39 is 156 Å². The van der Waals surface area contributed by atoms with E-state index in [1.807, 2.05) is 0 Å². The Morgan fingerprint density at radius 3 is 1.42 bits per heavy atom. The van der Waals surface area contributed by atoms with Gasteiger partial charge in [0.2, 0.25) is 59.1 Å². The number of hydrogen-bond donors (Lipinski definition) is 14. The van der Waals surface area contributed by atoms with Crippen LogP contribution in [-0.4, -0.2) is 152 Å². The fourth-order valence-electron chi connectivity index (χ4n) is 6.81. The first kappa shape index (κ1) is 62.6. The van der Waals surface area contributed by atoms with Gasteiger partial charge in [0.15, 0.2) is 0 Å². The molecule has 26 nitrogen and oxygen atoms in total. The Bertz CT molecular complexity index is 2120. The zero-order valence-electron chi connectivity index (χ0n) is 42.1. The fraction of sp³-hybridized carbons (Fsp3) is 0.609. The minimum atomic E-state index is -1.88. The Labute approximate surface area is 416 Å². The number of nitrogens with two attached hydrogens (primary N) is 1. The predicted octanol–water partition coefficient (Wildman–Crippen LogP) is -3.08. The number of benzene rings is 1. The number of aliphatic carboxylic acids is 2. The first-order chi connectivity index (χ1) is 33.4.